The highest BCUT2D eigenvalue weighted by molar-refractivity contribution is 5.93. The monoisotopic (exact) mass is 342 g/mol. The number of carbonyl (C=O) groups excluding carboxylic acids is 2. The summed E-state index contributed by atoms with van der Waals surface area (Å²) in [6.07, 6.45) is 0.0277. The number of carbonyl (C=O) groups is 2. The summed E-state index contributed by atoms with van der Waals surface area (Å²) >= 11 is 0. The summed E-state index contributed by atoms with van der Waals surface area (Å²) < 4.78 is 37.5. The second-order valence-corrected chi connectivity index (χ2v) is 6.01. The molecule has 9 heteroatoms. The summed E-state index contributed by atoms with van der Waals surface area (Å²) in [7, 11) is 0. The number of pyridine rings is 1. The molecular formula is C15H17F3N4O2. The van der Waals surface area contributed by atoms with Crippen LogP contribution in [-0.2, 0) is 11.0 Å². The molecule has 130 valence electrons. The Labute approximate surface area is 136 Å². The predicted molar refractivity (Wildman–Crippen MR) is 79.2 cm³/mol. The lowest BCUT2D eigenvalue weighted by Gasteiger charge is -2.43. The first-order chi connectivity index (χ1) is 11.3. The highest BCUT2D eigenvalue weighted by Gasteiger charge is 2.39. The molecule has 0 spiro atoms. The van der Waals surface area contributed by atoms with Crippen molar-refractivity contribution in [3.05, 3.63) is 24.0 Å². The van der Waals surface area contributed by atoms with Crippen molar-refractivity contribution in [2.45, 2.75) is 43.9 Å². The first-order valence-electron chi connectivity index (χ1n) is 7.75. The molecule has 3 amide bonds. The molecule has 1 saturated carbocycles. The summed E-state index contributed by atoms with van der Waals surface area (Å²) in [5, 5.41) is 5.41. The standard InChI is InChI=1S/C15H17F3N4O2/c16-15(17,18)12-6-5-9(7-19-12)20-14(24)22-8-13(23)21-10-3-1-2-4-11(10)22/h5-7,10-11H,1-4,8H2,(H,20,24)(H,21,23). The molecule has 0 radical (unpaired) electrons. The van der Waals surface area contributed by atoms with E-state index in [1.165, 1.54) is 4.90 Å². The van der Waals surface area contributed by atoms with Gasteiger partial charge in [0.2, 0.25) is 5.91 Å². The molecule has 1 aromatic rings. The van der Waals surface area contributed by atoms with Crippen LogP contribution >= 0.6 is 0 Å². The van der Waals surface area contributed by atoms with Gasteiger partial charge >= 0.3 is 12.2 Å². The van der Waals surface area contributed by atoms with Crippen LogP contribution < -0.4 is 10.6 Å². The van der Waals surface area contributed by atoms with Crippen LogP contribution in [0.5, 0.6) is 0 Å². The number of anilines is 1. The molecule has 0 aromatic carbocycles. The number of amides is 3. The fourth-order valence-corrected chi connectivity index (χ4v) is 3.23. The number of urea groups is 1. The molecule has 24 heavy (non-hydrogen) atoms. The van der Waals surface area contributed by atoms with E-state index in [9.17, 15) is 22.8 Å². The van der Waals surface area contributed by atoms with E-state index in [4.69, 9.17) is 0 Å². The van der Waals surface area contributed by atoms with Gasteiger partial charge in [-0.1, -0.05) is 12.8 Å². The number of alkyl halides is 3. The van der Waals surface area contributed by atoms with Crippen LogP contribution in [0.15, 0.2) is 18.3 Å². The minimum atomic E-state index is -4.52. The minimum absolute atomic E-state index is 0.0545. The second kappa shape index (κ2) is 6.29. The molecule has 1 aromatic heterocycles. The Bertz CT molecular complexity index is 633. The van der Waals surface area contributed by atoms with Crippen molar-refractivity contribution in [1.82, 2.24) is 15.2 Å². The van der Waals surface area contributed by atoms with Crippen LogP contribution in [0.3, 0.4) is 0 Å². The predicted octanol–water partition coefficient (Wildman–Crippen LogP) is 2.38. The average Bonchev–Trinajstić information content (AvgIpc) is 2.53. The third-order valence-corrected chi connectivity index (χ3v) is 4.36. The molecule has 2 aliphatic rings. The van der Waals surface area contributed by atoms with Crippen LogP contribution in [0.2, 0.25) is 0 Å². The maximum atomic E-state index is 12.5. The van der Waals surface area contributed by atoms with Crippen molar-refractivity contribution < 1.29 is 22.8 Å². The number of nitrogens with zero attached hydrogens (tertiary/aromatic N) is 2. The fourth-order valence-electron chi connectivity index (χ4n) is 3.23. The Morgan fingerprint density at radius 1 is 1.29 bits per heavy atom. The van der Waals surface area contributed by atoms with Gasteiger partial charge in [-0.2, -0.15) is 13.2 Å². The van der Waals surface area contributed by atoms with E-state index >= 15 is 0 Å². The molecule has 6 nitrogen and oxygen atoms in total. The molecule has 3 rings (SSSR count). The number of halogens is 3. The lowest BCUT2D eigenvalue weighted by Crippen LogP contribution is -2.63. The Kier molecular flexibility index (Phi) is 4.33. The molecule has 2 atom stereocenters. The van der Waals surface area contributed by atoms with E-state index in [0.717, 1.165) is 44.0 Å². The maximum absolute atomic E-state index is 12.5. The average molecular weight is 342 g/mol. The molecule has 2 N–H and O–H groups in total. The Morgan fingerprint density at radius 3 is 2.71 bits per heavy atom. The van der Waals surface area contributed by atoms with Gasteiger partial charge in [-0.3, -0.25) is 4.79 Å². The molecule has 1 aliphatic heterocycles. The van der Waals surface area contributed by atoms with E-state index in [1.807, 2.05) is 0 Å². The zero-order valence-electron chi connectivity index (χ0n) is 12.8. The Hall–Kier alpha value is -2.32. The van der Waals surface area contributed by atoms with Gasteiger partial charge in [0.1, 0.15) is 12.2 Å². The Balaban J connectivity index is 1.70. The van der Waals surface area contributed by atoms with Gasteiger partial charge in [0, 0.05) is 6.04 Å². The largest absolute Gasteiger partial charge is 0.433 e. The van der Waals surface area contributed by atoms with E-state index in [1.54, 1.807) is 0 Å². The van der Waals surface area contributed by atoms with Gasteiger partial charge in [-0.05, 0) is 25.0 Å². The van der Waals surface area contributed by atoms with Crippen molar-refractivity contribution in [1.29, 1.82) is 0 Å². The number of rotatable bonds is 1. The highest BCUT2D eigenvalue weighted by Crippen LogP contribution is 2.29. The quantitative estimate of drug-likeness (QED) is 0.823. The number of piperazine rings is 1. The summed E-state index contributed by atoms with van der Waals surface area (Å²) in [5.41, 5.74) is -0.864. The Morgan fingerprint density at radius 2 is 2.04 bits per heavy atom. The fraction of sp³-hybridized carbons (Fsp3) is 0.533. The zero-order valence-corrected chi connectivity index (χ0v) is 12.8. The lowest BCUT2D eigenvalue weighted by molar-refractivity contribution is -0.141. The summed E-state index contributed by atoms with van der Waals surface area (Å²) in [6.45, 7) is -0.0545. The molecule has 2 fully saturated rings. The topological polar surface area (TPSA) is 74.3 Å². The summed E-state index contributed by atoms with van der Waals surface area (Å²) in [4.78, 5) is 29.0. The van der Waals surface area contributed by atoms with E-state index in [2.05, 4.69) is 15.6 Å². The van der Waals surface area contributed by atoms with Crippen molar-refractivity contribution in [3.8, 4) is 0 Å². The first kappa shape index (κ1) is 16.5. The smallest absolute Gasteiger partial charge is 0.350 e. The summed E-state index contributed by atoms with van der Waals surface area (Å²) in [5.74, 6) is -0.223. The van der Waals surface area contributed by atoms with Gasteiger partial charge in [-0.25, -0.2) is 9.78 Å². The summed E-state index contributed by atoms with van der Waals surface area (Å²) in [6, 6.07) is 1.32. The number of hydrogen-bond donors (Lipinski definition) is 2. The lowest BCUT2D eigenvalue weighted by atomic mass is 9.87. The highest BCUT2D eigenvalue weighted by atomic mass is 19.4. The van der Waals surface area contributed by atoms with Crippen LogP contribution in [0.4, 0.5) is 23.7 Å². The number of hydrogen-bond acceptors (Lipinski definition) is 3. The van der Waals surface area contributed by atoms with E-state index in [0.29, 0.717) is 0 Å². The van der Waals surface area contributed by atoms with Crippen molar-refractivity contribution >= 4 is 17.6 Å². The molecule has 1 saturated heterocycles. The first-order valence-corrected chi connectivity index (χ1v) is 7.75. The number of nitrogens with one attached hydrogen (secondary N) is 2. The van der Waals surface area contributed by atoms with Crippen LogP contribution in [0.25, 0.3) is 0 Å². The van der Waals surface area contributed by atoms with Crippen LogP contribution in [0, 0.1) is 0 Å². The van der Waals surface area contributed by atoms with Gasteiger partial charge in [0.15, 0.2) is 0 Å². The number of fused-ring (bicyclic) bond motifs is 1. The normalized spacial score (nSPS) is 24.1. The SMILES string of the molecule is O=C1CN(C(=O)Nc2ccc(C(F)(F)F)nc2)C2CCCCC2N1. The van der Waals surface area contributed by atoms with Crippen LogP contribution in [0.1, 0.15) is 31.4 Å². The van der Waals surface area contributed by atoms with Crippen molar-refractivity contribution in [2.24, 2.45) is 0 Å². The molecular weight excluding hydrogens is 325 g/mol. The third kappa shape index (κ3) is 3.44. The van der Waals surface area contributed by atoms with Gasteiger partial charge < -0.3 is 15.5 Å². The molecule has 1 aliphatic carbocycles. The maximum Gasteiger partial charge on any atom is 0.433 e. The van der Waals surface area contributed by atoms with Crippen LogP contribution in [-0.4, -0.2) is 40.5 Å². The second-order valence-electron chi connectivity index (χ2n) is 6.01. The van der Waals surface area contributed by atoms with Gasteiger partial charge in [-0.15, -0.1) is 0 Å². The number of aromatic nitrogens is 1. The molecule has 2 heterocycles. The molecule has 0 bridgehead atoms. The van der Waals surface area contributed by atoms with Gasteiger partial charge in [0.05, 0.1) is 17.9 Å². The van der Waals surface area contributed by atoms with Gasteiger partial charge in [0.25, 0.3) is 0 Å². The van der Waals surface area contributed by atoms with E-state index in [-0.39, 0.29) is 30.2 Å². The van der Waals surface area contributed by atoms with Crippen molar-refractivity contribution in [2.75, 3.05) is 11.9 Å². The molecule has 2 unspecified atom stereocenters. The zero-order chi connectivity index (χ0) is 17.3. The minimum Gasteiger partial charge on any atom is -0.350 e. The van der Waals surface area contributed by atoms with E-state index < -0.39 is 17.9 Å². The third-order valence-electron chi connectivity index (χ3n) is 4.36. The van der Waals surface area contributed by atoms with Crippen molar-refractivity contribution in [3.63, 3.8) is 0 Å².